The van der Waals surface area contributed by atoms with Crippen LogP contribution in [0.2, 0.25) is 0 Å². The van der Waals surface area contributed by atoms with E-state index in [4.69, 9.17) is 0 Å². The van der Waals surface area contributed by atoms with Crippen LogP contribution in [-0.2, 0) is 84.3 Å². The van der Waals surface area contributed by atoms with E-state index in [-0.39, 0.29) is 146 Å². The molecule has 0 amide bonds. The van der Waals surface area contributed by atoms with Gasteiger partial charge in [0.2, 0.25) is 0 Å². The molecule has 0 aromatic carbocycles. The van der Waals surface area contributed by atoms with Crippen LogP contribution >= 0.6 is 0 Å². The molecule has 0 saturated heterocycles. The fourth-order valence-electron chi connectivity index (χ4n) is 0. The Hall–Kier alpha value is 2.31. The van der Waals surface area contributed by atoms with Gasteiger partial charge in [-0.3, -0.25) is 0 Å². The van der Waals surface area contributed by atoms with E-state index in [2.05, 4.69) is 0 Å². The van der Waals surface area contributed by atoms with Crippen LogP contribution < -0.4 is 12.3 Å². The van der Waals surface area contributed by atoms with Crippen LogP contribution in [-0.4, -0.2) is 49.3 Å². The van der Waals surface area contributed by atoms with Crippen molar-refractivity contribution in [3.63, 3.8) is 0 Å². The van der Waals surface area contributed by atoms with Crippen molar-refractivity contribution in [2.75, 3.05) is 0 Å². The predicted octanol–water partition coefficient (Wildman–Crippen LogP) is -6.68. The Morgan fingerprint density at radius 1 is 0.200 bits per heavy atom. The van der Waals surface area contributed by atoms with E-state index < -0.39 is 0 Å². The van der Waals surface area contributed by atoms with Crippen molar-refractivity contribution in [2.24, 2.45) is 0 Å². The molecule has 0 bridgehead atoms. The maximum Gasteiger partial charge on any atom is 0 e. The molecule has 0 aromatic heterocycles. The van der Waals surface area contributed by atoms with Gasteiger partial charge >= 0.3 is 0 Å². The summed E-state index contributed by atoms with van der Waals surface area (Å²) in [5.74, 6) is 0. The molecule has 11 nitrogen and oxygen atoms in total. The first-order chi connectivity index (χ1) is 0. The van der Waals surface area contributed by atoms with Crippen LogP contribution in [0.5, 0.6) is 0 Å². The zero-order valence-corrected chi connectivity index (χ0v) is 19.9. The molecule has 0 heterocycles. The zero-order chi connectivity index (χ0) is 0. The van der Waals surface area contributed by atoms with E-state index in [0.717, 1.165) is 0 Å². The smallest absolute Gasteiger partial charge is 0 e. The summed E-state index contributed by atoms with van der Waals surface area (Å²) in [5, 5.41) is 0. The number of hydrogen-bond acceptors (Lipinski definition) is 0. The van der Waals surface area contributed by atoms with Crippen LogP contribution in [0.25, 0.3) is 0 Å². The molecule has 0 fully saturated rings. The molecular formula is H26N2O9W4+2. The summed E-state index contributed by atoms with van der Waals surface area (Å²) in [6.45, 7) is 0. The van der Waals surface area contributed by atoms with Gasteiger partial charge in [-0.05, 0) is 0 Å². The quantitative estimate of drug-likeness (QED) is 0.229. The Morgan fingerprint density at radius 2 is 0.200 bits per heavy atom. The maximum atomic E-state index is 0. The summed E-state index contributed by atoms with van der Waals surface area (Å²) >= 11 is 0. The monoisotopic (exact) mass is 934 g/mol. The van der Waals surface area contributed by atoms with Crippen LogP contribution in [0.4, 0.5) is 0 Å². The Balaban J connectivity index is 0. The summed E-state index contributed by atoms with van der Waals surface area (Å²) in [5.41, 5.74) is 0. The number of hydrogen-bond donors (Lipinski definition) is 2. The van der Waals surface area contributed by atoms with Crippen LogP contribution in [0, 0.1) is 0 Å². The molecule has 0 aliphatic heterocycles. The molecule has 0 aromatic rings. The number of rotatable bonds is 0. The van der Waals surface area contributed by atoms with Crippen LogP contribution in [0.3, 0.4) is 0 Å². The Labute approximate surface area is 145 Å². The molecule has 26 N–H and O–H groups in total. The van der Waals surface area contributed by atoms with Gasteiger partial charge in [-0.1, -0.05) is 0 Å². The van der Waals surface area contributed by atoms with Gasteiger partial charge in [-0.2, -0.15) is 0 Å². The SMILES string of the molecule is O.O.O.O.O.O.O.O.O.[NH4+].[NH4+].[W].[W].[W].[W]. The van der Waals surface area contributed by atoms with Gasteiger partial charge in [-0.25, -0.2) is 0 Å². The largest absolute Gasteiger partial charge is 0.412 e. The van der Waals surface area contributed by atoms with Crippen LogP contribution in [0.1, 0.15) is 0 Å². The van der Waals surface area contributed by atoms with Gasteiger partial charge in [0.05, 0.1) is 0 Å². The summed E-state index contributed by atoms with van der Waals surface area (Å²) in [6.07, 6.45) is 0. The van der Waals surface area contributed by atoms with Crippen molar-refractivity contribution in [2.45, 2.75) is 0 Å². The average Bonchev–Trinajstić information content (AvgIpc) is 0. The van der Waals surface area contributed by atoms with E-state index >= 15 is 0 Å². The maximum absolute atomic E-state index is 0. The second-order valence-electron chi connectivity index (χ2n) is 0. The van der Waals surface area contributed by atoms with Crippen molar-refractivity contribution < 1.29 is 134 Å². The van der Waals surface area contributed by atoms with Crippen molar-refractivity contribution in [3.8, 4) is 0 Å². The Bertz CT molecular complexity index is 20.1. The van der Waals surface area contributed by atoms with E-state index in [9.17, 15) is 0 Å². The van der Waals surface area contributed by atoms with E-state index in [1.807, 2.05) is 0 Å². The minimum atomic E-state index is 0. The van der Waals surface area contributed by atoms with E-state index in [0.29, 0.717) is 0 Å². The first-order valence-corrected chi connectivity index (χ1v) is 0. The Kier molecular flexibility index (Phi) is 41000. The average molecular weight is 934 g/mol. The Morgan fingerprint density at radius 3 is 0.200 bits per heavy atom. The minimum Gasteiger partial charge on any atom is -0.412 e. The molecule has 0 unspecified atom stereocenters. The van der Waals surface area contributed by atoms with Crippen molar-refractivity contribution in [3.05, 3.63) is 0 Å². The second-order valence-corrected chi connectivity index (χ2v) is 0. The molecule has 0 aliphatic rings. The normalized spacial score (nSPS) is 0. The van der Waals surface area contributed by atoms with Crippen LogP contribution in [0.15, 0.2) is 0 Å². The molecule has 0 radical (unpaired) electrons. The third kappa shape index (κ3) is 625. The van der Waals surface area contributed by atoms with Gasteiger partial charge in [0.1, 0.15) is 0 Å². The summed E-state index contributed by atoms with van der Waals surface area (Å²) in [6, 6.07) is 0. The molecule has 112 valence electrons. The fourth-order valence-corrected chi connectivity index (χ4v) is 0. The predicted molar refractivity (Wildman–Crippen MR) is 44.5 cm³/mol. The fraction of sp³-hybridized carbons (Fsp3) is 0. The van der Waals surface area contributed by atoms with Crippen molar-refractivity contribution >= 4 is 0 Å². The molecule has 15 heavy (non-hydrogen) atoms. The standard InChI is InChI=1S/2H3N.9H2O.4W/h2*1H3;9*1H2;;;;/p+2. The molecule has 0 aliphatic carbocycles. The van der Waals surface area contributed by atoms with Gasteiger partial charge in [0.15, 0.2) is 0 Å². The summed E-state index contributed by atoms with van der Waals surface area (Å²) in [7, 11) is 0. The topological polar surface area (TPSA) is 356 Å². The molecule has 0 rings (SSSR count). The second kappa shape index (κ2) is 715. The third-order valence-corrected chi connectivity index (χ3v) is 0. The summed E-state index contributed by atoms with van der Waals surface area (Å²) in [4.78, 5) is 0. The number of quaternary nitrogens is 2. The molecule has 0 spiro atoms. The van der Waals surface area contributed by atoms with Gasteiger partial charge < -0.3 is 61.6 Å². The molecule has 15 heteroatoms. The first-order valence-electron chi connectivity index (χ1n) is 0. The van der Waals surface area contributed by atoms with E-state index in [1.54, 1.807) is 0 Å². The zero-order valence-electron chi connectivity index (χ0n) is 8.13. The first kappa shape index (κ1) is 861. The molecular weight excluding hydrogens is 907 g/mol. The van der Waals surface area contributed by atoms with Crippen molar-refractivity contribution in [1.29, 1.82) is 0 Å². The van der Waals surface area contributed by atoms with Gasteiger partial charge in [-0.15, -0.1) is 0 Å². The van der Waals surface area contributed by atoms with Crippen molar-refractivity contribution in [1.82, 2.24) is 12.3 Å². The molecule has 0 atom stereocenters. The third-order valence-electron chi connectivity index (χ3n) is 0. The van der Waals surface area contributed by atoms with E-state index in [1.165, 1.54) is 0 Å². The summed E-state index contributed by atoms with van der Waals surface area (Å²) < 4.78 is 0. The minimum absolute atomic E-state index is 0. The van der Waals surface area contributed by atoms with Gasteiger partial charge in [0, 0.05) is 84.3 Å². The molecule has 0 saturated carbocycles. The van der Waals surface area contributed by atoms with Gasteiger partial charge in [0.25, 0.3) is 0 Å².